The van der Waals surface area contributed by atoms with Gasteiger partial charge in [-0.05, 0) is 86.8 Å². The summed E-state index contributed by atoms with van der Waals surface area (Å²) in [5.41, 5.74) is 5.30. The van der Waals surface area contributed by atoms with Gasteiger partial charge in [-0.15, -0.1) is 10.2 Å². The molecule has 4 heterocycles. The molecule has 0 N–H and O–H groups in total. The van der Waals surface area contributed by atoms with Crippen LogP contribution in [0.25, 0.3) is 21.8 Å². The van der Waals surface area contributed by atoms with Gasteiger partial charge in [-0.1, -0.05) is 37.3 Å². The maximum Gasteiger partial charge on any atom is 0.222 e. The minimum Gasteiger partial charge on any atom is -0.457 e. The molecule has 1 amide bonds. The topological polar surface area (TPSA) is 71.5 Å². The number of likely N-dealkylation sites (N-methyl/N-ethyl adjacent to an activating group) is 1. The second-order valence-corrected chi connectivity index (χ2v) is 12.6. The summed E-state index contributed by atoms with van der Waals surface area (Å²) >= 11 is 1.63. The Hall–Kier alpha value is -3.62. The van der Waals surface area contributed by atoms with E-state index in [0.29, 0.717) is 24.8 Å². The number of pyridine rings is 1. The lowest BCUT2D eigenvalue weighted by Gasteiger charge is -2.30. The summed E-state index contributed by atoms with van der Waals surface area (Å²) in [4.78, 5) is 21.5. The second-order valence-electron chi connectivity index (χ2n) is 11.5. The molecule has 41 heavy (non-hydrogen) atoms. The van der Waals surface area contributed by atoms with Crippen molar-refractivity contribution >= 4 is 17.2 Å². The monoisotopic (exact) mass is 567 g/mol. The van der Waals surface area contributed by atoms with Crippen LogP contribution in [0.5, 0.6) is 11.5 Å². The number of carbonyl (C=O) groups excluding carboxylic acids is 1. The third-order valence-electron chi connectivity index (χ3n) is 8.04. The molecule has 0 spiro atoms. The predicted molar refractivity (Wildman–Crippen MR) is 163 cm³/mol. The molecule has 7 nitrogen and oxygen atoms in total. The fourth-order valence-electron chi connectivity index (χ4n) is 5.69. The molecule has 2 aromatic heterocycles. The average molecular weight is 568 g/mol. The molecule has 0 bridgehead atoms. The van der Waals surface area contributed by atoms with E-state index >= 15 is 0 Å². The van der Waals surface area contributed by atoms with E-state index in [2.05, 4.69) is 66.3 Å². The lowest BCUT2D eigenvalue weighted by molar-refractivity contribution is -0.128. The van der Waals surface area contributed by atoms with Crippen molar-refractivity contribution < 1.29 is 9.53 Å². The van der Waals surface area contributed by atoms with E-state index in [9.17, 15) is 4.79 Å². The fraction of sp³-hybridized carbons (Fsp3) is 0.394. The number of hydrogen-bond donors (Lipinski definition) is 0. The zero-order valence-electron chi connectivity index (χ0n) is 24.0. The molecule has 2 fully saturated rings. The summed E-state index contributed by atoms with van der Waals surface area (Å²) in [6, 6.07) is 18.6. The van der Waals surface area contributed by atoms with E-state index in [1.54, 1.807) is 11.3 Å². The Bertz CT molecular complexity index is 1520. The van der Waals surface area contributed by atoms with Crippen molar-refractivity contribution in [3.05, 3.63) is 76.9 Å². The second kappa shape index (κ2) is 12.1. The summed E-state index contributed by atoms with van der Waals surface area (Å²) in [6.45, 7) is 7.82. The van der Waals surface area contributed by atoms with Gasteiger partial charge >= 0.3 is 0 Å². The van der Waals surface area contributed by atoms with Gasteiger partial charge < -0.3 is 14.5 Å². The first-order chi connectivity index (χ1) is 19.9. The molecule has 0 aliphatic carbocycles. The molecule has 2 saturated heterocycles. The zero-order valence-corrected chi connectivity index (χ0v) is 24.9. The number of aromatic nitrogens is 3. The van der Waals surface area contributed by atoms with Gasteiger partial charge in [-0.25, -0.2) is 0 Å². The van der Waals surface area contributed by atoms with Crippen molar-refractivity contribution in [3.63, 3.8) is 0 Å². The van der Waals surface area contributed by atoms with Gasteiger partial charge in [0.25, 0.3) is 0 Å². The Morgan fingerprint density at radius 3 is 2.56 bits per heavy atom. The molecule has 8 heteroatoms. The van der Waals surface area contributed by atoms with Crippen LogP contribution in [0.15, 0.2) is 60.8 Å². The first-order valence-electron chi connectivity index (χ1n) is 14.6. The molecule has 2 aliphatic rings. The molecule has 0 radical (unpaired) electrons. The third-order valence-corrected chi connectivity index (χ3v) is 9.31. The Kier molecular flexibility index (Phi) is 8.12. The van der Waals surface area contributed by atoms with Crippen LogP contribution in [0.1, 0.15) is 67.5 Å². The number of piperidine rings is 1. The Balaban J connectivity index is 1.28. The third kappa shape index (κ3) is 6.34. The van der Waals surface area contributed by atoms with Gasteiger partial charge in [-0.3, -0.25) is 9.78 Å². The van der Waals surface area contributed by atoms with Crippen LogP contribution in [0.2, 0.25) is 0 Å². The minimum atomic E-state index is 0.203. The molecule has 2 aliphatic heterocycles. The first-order valence-corrected chi connectivity index (χ1v) is 15.4. The zero-order chi connectivity index (χ0) is 28.3. The summed E-state index contributed by atoms with van der Waals surface area (Å²) in [5.74, 6) is 2.57. The standard InChI is InChI=1S/C33H37N5O2S/c1-22(2)32-35-36-33(41-32)23-10-12-28(13-11-23)40-30-19-25(8-9-27(30)21-38-17-5-7-31(38)39)29-18-24(14-15-34-29)26-6-4-16-37(3)20-26/h8-15,18-19,22,26H,4-7,16-17,20-21H2,1-3H3. The highest BCUT2D eigenvalue weighted by Gasteiger charge is 2.23. The number of nitrogens with zero attached hydrogens (tertiary/aromatic N) is 5. The molecular weight excluding hydrogens is 530 g/mol. The quantitative estimate of drug-likeness (QED) is 0.226. The van der Waals surface area contributed by atoms with Gasteiger partial charge in [0, 0.05) is 54.9 Å². The SMILES string of the molecule is CC(C)c1nnc(-c2ccc(Oc3cc(-c4cc(C5CCCN(C)C5)ccn4)ccc3CN3CCCC3=O)cc2)s1. The Morgan fingerprint density at radius 1 is 1.00 bits per heavy atom. The number of likely N-dealkylation sites (tertiary alicyclic amines) is 2. The Morgan fingerprint density at radius 2 is 1.83 bits per heavy atom. The number of ether oxygens (including phenoxy) is 1. The van der Waals surface area contributed by atoms with E-state index < -0.39 is 0 Å². The molecule has 1 unspecified atom stereocenters. The summed E-state index contributed by atoms with van der Waals surface area (Å²) < 4.78 is 6.51. The van der Waals surface area contributed by atoms with E-state index in [-0.39, 0.29) is 5.91 Å². The maximum atomic E-state index is 12.4. The number of hydrogen-bond acceptors (Lipinski definition) is 7. The molecule has 1 atom stereocenters. The predicted octanol–water partition coefficient (Wildman–Crippen LogP) is 7.11. The molecule has 4 aromatic rings. The normalized spacial score (nSPS) is 17.9. The smallest absolute Gasteiger partial charge is 0.222 e. The summed E-state index contributed by atoms with van der Waals surface area (Å²) in [6.07, 6.45) is 5.88. The van der Waals surface area contributed by atoms with Crippen LogP contribution in [-0.4, -0.2) is 57.6 Å². The van der Waals surface area contributed by atoms with Crippen molar-refractivity contribution in [2.45, 2.75) is 57.9 Å². The van der Waals surface area contributed by atoms with Gasteiger partial charge in [-0.2, -0.15) is 0 Å². The highest BCUT2D eigenvalue weighted by Crippen LogP contribution is 2.35. The largest absolute Gasteiger partial charge is 0.457 e. The van der Waals surface area contributed by atoms with Crippen LogP contribution >= 0.6 is 11.3 Å². The molecule has 6 rings (SSSR count). The van der Waals surface area contributed by atoms with E-state index in [0.717, 1.165) is 70.0 Å². The highest BCUT2D eigenvalue weighted by atomic mass is 32.1. The molecule has 0 saturated carbocycles. The highest BCUT2D eigenvalue weighted by molar-refractivity contribution is 7.14. The summed E-state index contributed by atoms with van der Waals surface area (Å²) in [5, 5.41) is 10.6. The molecule has 212 valence electrons. The van der Waals surface area contributed by atoms with E-state index in [1.807, 2.05) is 35.4 Å². The number of benzene rings is 2. The van der Waals surface area contributed by atoms with Crippen LogP contribution < -0.4 is 4.74 Å². The molecule has 2 aromatic carbocycles. The van der Waals surface area contributed by atoms with Crippen LogP contribution in [0.4, 0.5) is 0 Å². The van der Waals surface area contributed by atoms with Gasteiger partial charge in [0.1, 0.15) is 21.5 Å². The minimum absolute atomic E-state index is 0.203. The fourth-order valence-corrected chi connectivity index (χ4v) is 6.54. The van der Waals surface area contributed by atoms with Gasteiger partial charge in [0.2, 0.25) is 5.91 Å². The summed E-state index contributed by atoms with van der Waals surface area (Å²) in [7, 11) is 2.20. The van der Waals surface area contributed by atoms with Gasteiger partial charge in [0.15, 0.2) is 0 Å². The van der Waals surface area contributed by atoms with Crippen molar-refractivity contribution in [1.29, 1.82) is 0 Å². The van der Waals surface area contributed by atoms with E-state index in [4.69, 9.17) is 9.72 Å². The van der Waals surface area contributed by atoms with Crippen LogP contribution in [0.3, 0.4) is 0 Å². The lowest BCUT2D eigenvalue weighted by Crippen LogP contribution is -2.30. The van der Waals surface area contributed by atoms with Gasteiger partial charge in [0.05, 0.1) is 5.69 Å². The Labute approximate surface area is 246 Å². The average Bonchev–Trinajstić information content (AvgIpc) is 3.64. The molecular formula is C33H37N5O2S. The number of amides is 1. The maximum absolute atomic E-state index is 12.4. The van der Waals surface area contributed by atoms with Crippen molar-refractivity contribution in [2.24, 2.45) is 0 Å². The number of rotatable bonds is 8. The van der Waals surface area contributed by atoms with Crippen LogP contribution in [0, 0.1) is 0 Å². The van der Waals surface area contributed by atoms with Crippen molar-refractivity contribution in [1.82, 2.24) is 25.0 Å². The number of carbonyl (C=O) groups is 1. The first kappa shape index (κ1) is 27.5. The van der Waals surface area contributed by atoms with E-state index in [1.165, 1.54) is 18.4 Å². The van der Waals surface area contributed by atoms with Crippen molar-refractivity contribution in [2.75, 3.05) is 26.7 Å². The van der Waals surface area contributed by atoms with Crippen molar-refractivity contribution in [3.8, 4) is 33.3 Å². The lowest BCUT2D eigenvalue weighted by atomic mass is 9.90. The van der Waals surface area contributed by atoms with Crippen LogP contribution in [-0.2, 0) is 11.3 Å².